The smallest absolute Gasteiger partial charge is 0.410 e. The summed E-state index contributed by atoms with van der Waals surface area (Å²) in [5.41, 5.74) is 2.11. The number of carbonyl (C=O) groups is 1. The van der Waals surface area contributed by atoms with E-state index < -0.39 is 5.60 Å². The molecular formula is C16H23N3O2. The summed E-state index contributed by atoms with van der Waals surface area (Å²) in [6.45, 7) is 9.38. The van der Waals surface area contributed by atoms with Gasteiger partial charge in [-0.25, -0.2) is 4.79 Å². The number of aromatic nitrogens is 1. The van der Waals surface area contributed by atoms with Gasteiger partial charge in [-0.15, -0.1) is 0 Å². The number of hydrogen-bond donors (Lipinski definition) is 0. The van der Waals surface area contributed by atoms with Crippen molar-refractivity contribution in [2.24, 2.45) is 0 Å². The van der Waals surface area contributed by atoms with Gasteiger partial charge in [0.05, 0.1) is 0 Å². The Morgan fingerprint density at radius 2 is 2.05 bits per heavy atom. The largest absolute Gasteiger partial charge is 0.444 e. The lowest BCUT2D eigenvalue weighted by molar-refractivity contribution is 0.00819. The third-order valence-corrected chi connectivity index (χ3v) is 4.00. The van der Waals surface area contributed by atoms with Crippen LogP contribution in [0, 0.1) is 0 Å². The van der Waals surface area contributed by atoms with E-state index in [2.05, 4.69) is 16.0 Å². The van der Waals surface area contributed by atoms with Crippen molar-refractivity contribution < 1.29 is 9.53 Å². The summed E-state index contributed by atoms with van der Waals surface area (Å²) >= 11 is 0. The highest BCUT2D eigenvalue weighted by atomic mass is 16.6. The van der Waals surface area contributed by atoms with Crippen LogP contribution in [0.25, 0.3) is 0 Å². The molecule has 21 heavy (non-hydrogen) atoms. The van der Waals surface area contributed by atoms with Crippen molar-refractivity contribution in [1.29, 1.82) is 0 Å². The Morgan fingerprint density at radius 1 is 1.33 bits per heavy atom. The molecule has 0 spiro atoms. The van der Waals surface area contributed by atoms with Crippen molar-refractivity contribution in [3.63, 3.8) is 0 Å². The van der Waals surface area contributed by atoms with E-state index in [1.54, 1.807) is 4.90 Å². The molecule has 0 N–H and O–H groups in total. The maximum atomic E-state index is 12.0. The first-order chi connectivity index (χ1) is 9.94. The molecule has 114 valence electrons. The Hall–Kier alpha value is -1.78. The van der Waals surface area contributed by atoms with E-state index >= 15 is 0 Å². The molecule has 0 atom stereocenters. The second-order valence-electron chi connectivity index (χ2n) is 6.86. The molecule has 5 heteroatoms. The third-order valence-electron chi connectivity index (χ3n) is 4.00. The van der Waals surface area contributed by atoms with Crippen LogP contribution in [-0.2, 0) is 4.74 Å². The second-order valence-corrected chi connectivity index (χ2v) is 6.86. The third kappa shape index (κ3) is 2.96. The normalized spacial score (nSPS) is 19.0. The van der Waals surface area contributed by atoms with Gasteiger partial charge in [0.15, 0.2) is 0 Å². The molecule has 5 nitrogen and oxygen atoms in total. The van der Waals surface area contributed by atoms with E-state index in [4.69, 9.17) is 4.74 Å². The minimum Gasteiger partial charge on any atom is -0.444 e. The van der Waals surface area contributed by atoms with Gasteiger partial charge < -0.3 is 14.5 Å². The van der Waals surface area contributed by atoms with Gasteiger partial charge in [-0.1, -0.05) is 0 Å². The first kappa shape index (κ1) is 14.2. The van der Waals surface area contributed by atoms with Crippen LogP contribution in [0.15, 0.2) is 18.5 Å². The molecule has 0 saturated carbocycles. The SMILES string of the molecule is CC(C)(C)OC(=O)N1CC(c2cnccc2N2CCC2)C1. The number of anilines is 1. The molecule has 0 unspecified atom stereocenters. The lowest BCUT2D eigenvalue weighted by atomic mass is 9.91. The molecule has 1 aromatic heterocycles. The predicted octanol–water partition coefficient (Wildman–Crippen LogP) is 2.63. The molecule has 0 aliphatic carbocycles. The van der Waals surface area contributed by atoms with Crippen LogP contribution >= 0.6 is 0 Å². The van der Waals surface area contributed by atoms with Crippen LogP contribution in [0.3, 0.4) is 0 Å². The van der Waals surface area contributed by atoms with Crippen LogP contribution in [0.1, 0.15) is 38.7 Å². The number of nitrogens with zero attached hydrogens (tertiary/aromatic N) is 3. The Balaban J connectivity index is 1.63. The molecule has 2 aliphatic rings. The molecule has 3 heterocycles. The van der Waals surface area contributed by atoms with Crippen molar-refractivity contribution in [3.05, 3.63) is 24.0 Å². The Kier molecular flexibility index (Phi) is 3.51. The lowest BCUT2D eigenvalue weighted by Gasteiger charge is -2.42. The monoisotopic (exact) mass is 289 g/mol. The van der Waals surface area contributed by atoms with Gasteiger partial charge in [0.25, 0.3) is 0 Å². The van der Waals surface area contributed by atoms with Crippen LogP contribution < -0.4 is 4.90 Å². The zero-order chi connectivity index (χ0) is 15.0. The number of carbonyl (C=O) groups excluding carboxylic acids is 1. The topological polar surface area (TPSA) is 45.7 Å². The van der Waals surface area contributed by atoms with Gasteiger partial charge in [-0.2, -0.15) is 0 Å². The highest BCUT2D eigenvalue weighted by molar-refractivity contribution is 5.70. The molecule has 0 bridgehead atoms. The van der Waals surface area contributed by atoms with E-state index in [9.17, 15) is 4.79 Å². The second kappa shape index (κ2) is 5.20. The van der Waals surface area contributed by atoms with Crippen molar-refractivity contribution in [2.45, 2.75) is 38.7 Å². The lowest BCUT2D eigenvalue weighted by Crippen LogP contribution is -2.50. The highest BCUT2D eigenvalue weighted by Gasteiger charge is 2.36. The first-order valence-electron chi connectivity index (χ1n) is 7.61. The van der Waals surface area contributed by atoms with Crippen LogP contribution in [0.5, 0.6) is 0 Å². The fourth-order valence-electron chi connectivity index (χ4n) is 2.71. The van der Waals surface area contributed by atoms with E-state index in [1.807, 2.05) is 33.2 Å². The zero-order valence-corrected chi connectivity index (χ0v) is 13.0. The van der Waals surface area contributed by atoms with E-state index in [0.717, 1.165) is 26.2 Å². The van der Waals surface area contributed by atoms with Gasteiger partial charge >= 0.3 is 6.09 Å². The van der Waals surface area contributed by atoms with E-state index in [-0.39, 0.29) is 6.09 Å². The molecular weight excluding hydrogens is 266 g/mol. The van der Waals surface area contributed by atoms with Crippen molar-refractivity contribution in [2.75, 3.05) is 31.1 Å². The highest BCUT2D eigenvalue weighted by Crippen LogP contribution is 2.35. The van der Waals surface area contributed by atoms with Crippen LogP contribution in [0.4, 0.5) is 10.5 Å². The summed E-state index contributed by atoms with van der Waals surface area (Å²) < 4.78 is 5.40. The minimum absolute atomic E-state index is 0.215. The number of amides is 1. The molecule has 1 aromatic rings. The molecule has 2 aliphatic heterocycles. The van der Waals surface area contributed by atoms with E-state index in [0.29, 0.717) is 5.92 Å². The van der Waals surface area contributed by atoms with Crippen molar-refractivity contribution in [1.82, 2.24) is 9.88 Å². The molecule has 1 amide bonds. The molecule has 0 radical (unpaired) electrons. The van der Waals surface area contributed by atoms with Gasteiger partial charge in [0.1, 0.15) is 5.60 Å². The molecule has 2 saturated heterocycles. The average Bonchev–Trinajstić information content (AvgIpc) is 2.24. The zero-order valence-electron chi connectivity index (χ0n) is 13.0. The summed E-state index contributed by atoms with van der Waals surface area (Å²) in [5, 5.41) is 0. The Bertz CT molecular complexity index is 529. The molecule has 3 rings (SSSR count). The standard InChI is InChI=1S/C16H23N3O2/c1-16(2,3)21-15(20)19-10-12(11-19)13-9-17-6-5-14(13)18-7-4-8-18/h5-6,9,12H,4,7-8,10-11H2,1-3H3. The Labute approximate surface area is 125 Å². The van der Waals surface area contributed by atoms with Gasteiger partial charge in [0, 0.05) is 55.7 Å². The fourth-order valence-corrected chi connectivity index (χ4v) is 2.71. The van der Waals surface area contributed by atoms with Crippen LogP contribution in [0.2, 0.25) is 0 Å². The van der Waals surface area contributed by atoms with Gasteiger partial charge in [0.2, 0.25) is 0 Å². The predicted molar refractivity (Wildman–Crippen MR) is 81.6 cm³/mol. The first-order valence-corrected chi connectivity index (χ1v) is 7.61. The number of likely N-dealkylation sites (tertiary alicyclic amines) is 1. The molecule has 2 fully saturated rings. The summed E-state index contributed by atoms with van der Waals surface area (Å²) in [6.07, 6.45) is 4.84. The summed E-state index contributed by atoms with van der Waals surface area (Å²) in [7, 11) is 0. The van der Waals surface area contributed by atoms with E-state index in [1.165, 1.54) is 17.7 Å². The van der Waals surface area contributed by atoms with Crippen molar-refractivity contribution in [3.8, 4) is 0 Å². The molecule has 0 aromatic carbocycles. The van der Waals surface area contributed by atoms with Gasteiger partial charge in [-0.3, -0.25) is 4.98 Å². The van der Waals surface area contributed by atoms with Gasteiger partial charge in [-0.05, 0) is 33.3 Å². The summed E-state index contributed by atoms with van der Waals surface area (Å²) in [5.74, 6) is 0.377. The van der Waals surface area contributed by atoms with Crippen molar-refractivity contribution >= 4 is 11.8 Å². The fraction of sp³-hybridized carbons (Fsp3) is 0.625. The maximum Gasteiger partial charge on any atom is 0.410 e. The number of ether oxygens (including phenoxy) is 1. The minimum atomic E-state index is -0.431. The number of hydrogen-bond acceptors (Lipinski definition) is 4. The summed E-state index contributed by atoms with van der Waals surface area (Å²) in [4.78, 5) is 20.4. The number of rotatable bonds is 2. The maximum absolute atomic E-state index is 12.0. The summed E-state index contributed by atoms with van der Waals surface area (Å²) in [6, 6.07) is 2.09. The average molecular weight is 289 g/mol. The number of pyridine rings is 1. The van der Waals surface area contributed by atoms with Crippen LogP contribution in [-0.4, -0.2) is 47.8 Å². The Morgan fingerprint density at radius 3 is 2.62 bits per heavy atom. The quantitative estimate of drug-likeness (QED) is 0.839.